The molecular formula is C11H11ClN4S. The van der Waals surface area contributed by atoms with Gasteiger partial charge in [0.15, 0.2) is 0 Å². The van der Waals surface area contributed by atoms with Crippen molar-refractivity contribution >= 4 is 28.8 Å². The molecule has 0 bridgehead atoms. The maximum absolute atomic E-state index is 5.82. The average molecular weight is 267 g/mol. The molecule has 1 heterocycles. The van der Waals surface area contributed by atoms with Gasteiger partial charge in [0.25, 0.3) is 0 Å². The van der Waals surface area contributed by atoms with Gasteiger partial charge < -0.3 is 5.73 Å². The summed E-state index contributed by atoms with van der Waals surface area (Å²) in [5.74, 6) is 0. The Bertz CT molecular complexity index is 547. The minimum atomic E-state index is 0.268. The van der Waals surface area contributed by atoms with E-state index >= 15 is 0 Å². The molecule has 1 aromatic heterocycles. The minimum absolute atomic E-state index is 0.268. The van der Waals surface area contributed by atoms with Crippen LogP contribution in [0, 0.1) is 6.92 Å². The third-order valence-electron chi connectivity index (χ3n) is 2.46. The van der Waals surface area contributed by atoms with Crippen LogP contribution in [0.1, 0.15) is 17.0 Å². The van der Waals surface area contributed by atoms with E-state index < -0.39 is 0 Å². The van der Waals surface area contributed by atoms with E-state index in [1.54, 1.807) is 4.68 Å². The normalized spacial score (nSPS) is 10.5. The van der Waals surface area contributed by atoms with E-state index in [0.717, 1.165) is 11.3 Å². The van der Waals surface area contributed by atoms with E-state index in [4.69, 9.17) is 29.6 Å². The van der Waals surface area contributed by atoms with E-state index in [1.165, 1.54) is 0 Å². The Kier molecular flexibility index (Phi) is 3.40. The molecule has 0 aliphatic carbocycles. The molecule has 1 aromatic carbocycles. The summed E-state index contributed by atoms with van der Waals surface area (Å²) in [6.45, 7) is 2.52. The highest BCUT2D eigenvalue weighted by Gasteiger charge is 2.10. The summed E-state index contributed by atoms with van der Waals surface area (Å²) in [5.41, 5.74) is 8.08. The Morgan fingerprint density at radius 1 is 1.41 bits per heavy atom. The van der Waals surface area contributed by atoms with Gasteiger partial charge in [0, 0.05) is 5.02 Å². The summed E-state index contributed by atoms with van der Waals surface area (Å²) >= 11 is 10.7. The summed E-state index contributed by atoms with van der Waals surface area (Å²) in [6.07, 6.45) is 0. The molecule has 0 aliphatic heterocycles. The van der Waals surface area contributed by atoms with Crippen molar-refractivity contribution in [3.8, 4) is 0 Å². The zero-order valence-electron chi connectivity index (χ0n) is 9.22. The number of hydrogen-bond donors (Lipinski definition) is 1. The van der Waals surface area contributed by atoms with Crippen LogP contribution in [0.3, 0.4) is 0 Å². The quantitative estimate of drug-likeness (QED) is 0.863. The van der Waals surface area contributed by atoms with Crippen LogP contribution in [-0.2, 0) is 6.54 Å². The Hall–Kier alpha value is -1.46. The van der Waals surface area contributed by atoms with Crippen molar-refractivity contribution in [2.24, 2.45) is 5.73 Å². The van der Waals surface area contributed by atoms with Crippen LogP contribution < -0.4 is 5.73 Å². The molecule has 17 heavy (non-hydrogen) atoms. The van der Waals surface area contributed by atoms with Gasteiger partial charge in [-0.3, -0.25) is 0 Å². The first-order valence-corrected chi connectivity index (χ1v) is 5.81. The molecule has 88 valence electrons. The Labute approximate surface area is 109 Å². The van der Waals surface area contributed by atoms with Crippen molar-refractivity contribution in [2.45, 2.75) is 13.5 Å². The lowest BCUT2D eigenvalue weighted by molar-refractivity contribution is 0.633. The van der Waals surface area contributed by atoms with Gasteiger partial charge in [-0.1, -0.05) is 41.2 Å². The lowest BCUT2D eigenvalue weighted by Gasteiger charge is -2.03. The van der Waals surface area contributed by atoms with Gasteiger partial charge in [0.05, 0.1) is 12.2 Å². The van der Waals surface area contributed by atoms with Crippen LogP contribution in [0.15, 0.2) is 24.3 Å². The number of nitrogens with zero attached hydrogens (tertiary/aromatic N) is 3. The van der Waals surface area contributed by atoms with Crippen molar-refractivity contribution in [3.63, 3.8) is 0 Å². The number of thiocarbonyl (C=S) groups is 1. The number of halogens is 1. The van der Waals surface area contributed by atoms with Crippen LogP contribution in [0.25, 0.3) is 0 Å². The highest BCUT2D eigenvalue weighted by atomic mass is 35.5. The van der Waals surface area contributed by atoms with E-state index in [-0.39, 0.29) is 4.99 Å². The van der Waals surface area contributed by atoms with Crippen molar-refractivity contribution in [1.82, 2.24) is 15.0 Å². The molecule has 0 amide bonds. The third kappa shape index (κ3) is 2.62. The van der Waals surface area contributed by atoms with Crippen molar-refractivity contribution < 1.29 is 0 Å². The molecule has 0 saturated carbocycles. The Morgan fingerprint density at radius 2 is 2.06 bits per heavy atom. The standard InChI is InChI=1S/C11H11ClN4S/c1-7-10(11(13)17)14-15-16(7)6-8-2-4-9(12)5-3-8/h2-5H,6H2,1H3,(H2,13,17). The van der Waals surface area contributed by atoms with Crippen LogP contribution in [0.5, 0.6) is 0 Å². The molecule has 6 heteroatoms. The average Bonchev–Trinajstić information content (AvgIpc) is 2.64. The lowest BCUT2D eigenvalue weighted by Crippen LogP contribution is -2.12. The molecule has 0 fully saturated rings. The van der Waals surface area contributed by atoms with Crippen LogP contribution in [-0.4, -0.2) is 20.0 Å². The fraction of sp³-hybridized carbons (Fsp3) is 0.182. The lowest BCUT2D eigenvalue weighted by atomic mass is 10.2. The van der Waals surface area contributed by atoms with E-state index in [0.29, 0.717) is 17.3 Å². The predicted octanol–water partition coefficient (Wildman–Crippen LogP) is 1.92. The first kappa shape index (κ1) is 12.0. The molecule has 0 saturated heterocycles. The molecule has 0 atom stereocenters. The molecular weight excluding hydrogens is 256 g/mol. The smallest absolute Gasteiger partial charge is 0.142 e. The maximum atomic E-state index is 5.82. The van der Waals surface area contributed by atoms with Gasteiger partial charge in [-0.05, 0) is 24.6 Å². The fourth-order valence-corrected chi connectivity index (χ4v) is 1.82. The van der Waals surface area contributed by atoms with Gasteiger partial charge in [-0.2, -0.15) is 0 Å². The number of nitrogens with two attached hydrogens (primary N) is 1. The third-order valence-corrected chi connectivity index (χ3v) is 2.91. The van der Waals surface area contributed by atoms with Crippen molar-refractivity contribution in [2.75, 3.05) is 0 Å². The second-order valence-electron chi connectivity index (χ2n) is 3.67. The first-order valence-electron chi connectivity index (χ1n) is 5.02. The maximum Gasteiger partial charge on any atom is 0.142 e. The van der Waals surface area contributed by atoms with Crippen molar-refractivity contribution in [3.05, 3.63) is 46.2 Å². The van der Waals surface area contributed by atoms with Crippen molar-refractivity contribution in [1.29, 1.82) is 0 Å². The van der Waals surface area contributed by atoms with E-state index in [9.17, 15) is 0 Å². The largest absolute Gasteiger partial charge is 0.388 e. The predicted molar refractivity (Wildman–Crippen MR) is 71.2 cm³/mol. The monoisotopic (exact) mass is 266 g/mol. The topological polar surface area (TPSA) is 56.7 Å². The number of hydrogen-bond acceptors (Lipinski definition) is 3. The molecule has 0 spiro atoms. The van der Waals surface area contributed by atoms with Gasteiger partial charge in [0.2, 0.25) is 0 Å². The molecule has 0 unspecified atom stereocenters. The van der Waals surface area contributed by atoms with Gasteiger partial charge >= 0.3 is 0 Å². The zero-order valence-corrected chi connectivity index (χ0v) is 10.8. The molecule has 2 N–H and O–H groups in total. The number of rotatable bonds is 3. The second kappa shape index (κ2) is 4.81. The number of benzene rings is 1. The van der Waals surface area contributed by atoms with Crippen LogP contribution >= 0.6 is 23.8 Å². The fourth-order valence-electron chi connectivity index (χ4n) is 1.50. The Balaban J connectivity index is 2.24. The van der Waals surface area contributed by atoms with E-state index in [2.05, 4.69) is 10.3 Å². The summed E-state index contributed by atoms with van der Waals surface area (Å²) in [6, 6.07) is 7.59. The van der Waals surface area contributed by atoms with Crippen LogP contribution in [0.2, 0.25) is 5.02 Å². The Morgan fingerprint density at radius 3 is 2.59 bits per heavy atom. The summed E-state index contributed by atoms with van der Waals surface area (Å²) in [5, 5.41) is 8.69. The molecule has 2 aromatic rings. The van der Waals surface area contributed by atoms with Gasteiger partial charge in [-0.25, -0.2) is 4.68 Å². The molecule has 0 radical (unpaired) electrons. The summed E-state index contributed by atoms with van der Waals surface area (Å²) < 4.78 is 1.76. The molecule has 0 aliphatic rings. The highest BCUT2D eigenvalue weighted by molar-refractivity contribution is 7.80. The zero-order chi connectivity index (χ0) is 12.4. The van der Waals surface area contributed by atoms with Crippen LogP contribution in [0.4, 0.5) is 0 Å². The summed E-state index contributed by atoms with van der Waals surface area (Å²) in [7, 11) is 0. The SMILES string of the molecule is Cc1c(C(N)=S)nnn1Cc1ccc(Cl)cc1. The van der Waals surface area contributed by atoms with Gasteiger partial charge in [-0.15, -0.1) is 5.10 Å². The molecule has 4 nitrogen and oxygen atoms in total. The second-order valence-corrected chi connectivity index (χ2v) is 4.55. The van der Waals surface area contributed by atoms with Gasteiger partial charge in [0.1, 0.15) is 10.7 Å². The first-order chi connectivity index (χ1) is 8.08. The molecule has 2 rings (SSSR count). The van der Waals surface area contributed by atoms with E-state index in [1.807, 2.05) is 31.2 Å². The summed E-state index contributed by atoms with van der Waals surface area (Å²) in [4.78, 5) is 0.268. The number of aromatic nitrogens is 3. The minimum Gasteiger partial charge on any atom is -0.388 e. The highest BCUT2D eigenvalue weighted by Crippen LogP contribution is 2.12.